The van der Waals surface area contributed by atoms with Crippen LogP contribution >= 0.6 is 11.6 Å². The summed E-state index contributed by atoms with van der Waals surface area (Å²) < 4.78 is 39.3. The van der Waals surface area contributed by atoms with Crippen molar-refractivity contribution in [2.45, 2.75) is 25.9 Å². The molecule has 1 unspecified atom stereocenters. The molecule has 20 heavy (non-hydrogen) atoms. The lowest BCUT2D eigenvalue weighted by Gasteiger charge is -2.29. The fourth-order valence-electron chi connectivity index (χ4n) is 1.95. The summed E-state index contributed by atoms with van der Waals surface area (Å²) in [5.74, 6) is -0.337. The Morgan fingerprint density at radius 1 is 1.35 bits per heavy atom. The molecule has 0 aromatic heterocycles. The largest absolute Gasteiger partial charge is 0.433 e. The Morgan fingerprint density at radius 3 is 2.80 bits per heavy atom. The van der Waals surface area contributed by atoms with Crippen LogP contribution in [0.4, 0.5) is 13.2 Å². The number of rotatable bonds is 1. The molecule has 2 rings (SSSR count). The molecule has 2 aliphatic rings. The second-order valence-electron chi connectivity index (χ2n) is 4.61. The molecule has 0 saturated heterocycles. The summed E-state index contributed by atoms with van der Waals surface area (Å²) in [6.07, 6.45) is 5.99. The van der Waals surface area contributed by atoms with Gasteiger partial charge in [0.15, 0.2) is 0 Å². The highest BCUT2D eigenvalue weighted by atomic mass is 35.5. The lowest BCUT2D eigenvalue weighted by atomic mass is 10.1. The van der Waals surface area contributed by atoms with E-state index in [2.05, 4.69) is 5.10 Å². The molecular formula is C14H14ClF3N2. The minimum Gasteiger partial charge on any atom is -0.233 e. The molecule has 0 N–H and O–H groups in total. The summed E-state index contributed by atoms with van der Waals surface area (Å²) in [7, 11) is 0. The van der Waals surface area contributed by atoms with Crippen LogP contribution < -0.4 is 0 Å². The maximum Gasteiger partial charge on any atom is 0.433 e. The number of nitrogens with zero attached hydrogens (tertiary/aromatic N) is 2. The zero-order valence-electron chi connectivity index (χ0n) is 10.9. The van der Waals surface area contributed by atoms with Gasteiger partial charge in [0.05, 0.1) is 0 Å². The number of halogens is 4. The molecule has 2 nitrogen and oxygen atoms in total. The minimum atomic E-state index is -4.43. The van der Waals surface area contributed by atoms with Gasteiger partial charge in [0.1, 0.15) is 5.70 Å². The fraction of sp³-hybridized carbons (Fsp3) is 0.357. The number of hydrazone groups is 1. The highest BCUT2D eigenvalue weighted by Crippen LogP contribution is 2.35. The first-order chi connectivity index (χ1) is 9.38. The van der Waals surface area contributed by atoms with Crippen molar-refractivity contribution < 1.29 is 13.2 Å². The van der Waals surface area contributed by atoms with E-state index < -0.39 is 11.9 Å². The average Bonchev–Trinajstić information content (AvgIpc) is 2.34. The van der Waals surface area contributed by atoms with Crippen LogP contribution in [0.25, 0.3) is 0 Å². The van der Waals surface area contributed by atoms with Gasteiger partial charge in [0.2, 0.25) is 0 Å². The van der Waals surface area contributed by atoms with E-state index in [4.69, 9.17) is 11.6 Å². The smallest absolute Gasteiger partial charge is 0.233 e. The predicted octanol–water partition coefficient (Wildman–Crippen LogP) is 4.73. The van der Waals surface area contributed by atoms with Gasteiger partial charge in [-0.05, 0) is 18.6 Å². The predicted molar refractivity (Wildman–Crippen MR) is 74.0 cm³/mol. The van der Waals surface area contributed by atoms with Crippen LogP contribution in [-0.2, 0) is 0 Å². The quantitative estimate of drug-likeness (QED) is 0.684. The molecule has 0 radical (unpaired) electrons. The number of hydrogen-bond donors (Lipinski definition) is 0. The number of hydrogen-bond acceptors (Lipinski definition) is 2. The standard InChI is InChI=1S/C14H14ClF3N2/c1-10-8-13(14(16,17)18)20(19-9-10)12-5-3-2-4-11(15)6-7-12/h2,4-6,8-10H,3,7H2,1H3/b4-2-,11-6+,12-5+. The normalized spacial score (nSPS) is 30.6. The summed E-state index contributed by atoms with van der Waals surface area (Å²) >= 11 is 5.90. The monoisotopic (exact) mass is 302 g/mol. The molecule has 1 aliphatic carbocycles. The van der Waals surface area contributed by atoms with Gasteiger partial charge in [-0.25, -0.2) is 5.01 Å². The van der Waals surface area contributed by atoms with E-state index in [1.54, 1.807) is 31.2 Å². The number of alkyl halides is 3. The highest BCUT2D eigenvalue weighted by Gasteiger charge is 2.40. The van der Waals surface area contributed by atoms with Gasteiger partial charge < -0.3 is 0 Å². The van der Waals surface area contributed by atoms with E-state index in [9.17, 15) is 13.2 Å². The molecule has 1 heterocycles. The molecule has 0 amide bonds. The summed E-state index contributed by atoms with van der Waals surface area (Å²) in [5, 5.41) is 5.41. The third-order valence-corrected chi connectivity index (χ3v) is 3.18. The van der Waals surface area contributed by atoms with Crippen molar-refractivity contribution >= 4 is 17.8 Å². The molecule has 108 valence electrons. The van der Waals surface area contributed by atoms with Gasteiger partial charge in [0.25, 0.3) is 0 Å². The van der Waals surface area contributed by atoms with Crippen LogP contribution in [0.15, 0.2) is 51.9 Å². The zero-order valence-corrected chi connectivity index (χ0v) is 11.6. The van der Waals surface area contributed by atoms with Crippen LogP contribution in [0.5, 0.6) is 0 Å². The van der Waals surface area contributed by atoms with Crippen LogP contribution in [-0.4, -0.2) is 17.4 Å². The molecule has 0 spiro atoms. The van der Waals surface area contributed by atoms with E-state index in [-0.39, 0.29) is 5.92 Å². The molecular weight excluding hydrogens is 289 g/mol. The van der Waals surface area contributed by atoms with Gasteiger partial charge in [-0.1, -0.05) is 36.8 Å². The van der Waals surface area contributed by atoms with Crippen molar-refractivity contribution in [1.82, 2.24) is 5.01 Å². The minimum absolute atomic E-state index is 0.308. The Labute approximate surface area is 120 Å². The van der Waals surface area contributed by atoms with Gasteiger partial charge in [-0.3, -0.25) is 0 Å². The lowest BCUT2D eigenvalue weighted by molar-refractivity contribution is -0.109. The fourth-order valence-corrected chi connectivity index (χ4v) is 2.12. The topological polar surface area (TPSA) is 15.6 Å². The van der Waals surface area contributed by atoms with Crippen molar-refractivity contribution in [3.05, 3.63) is 46.8 Å². The van der Waals surface area contributed by atoms with E-state index in [1.807, 2.05) is 0 Å². The van der Waals surface area contributed by atoms with Gasteiger partial charge in [-0.15, -0.1) is 0 Å². The Hall–Kier alpha value is -1.49. The van der Waals surface area contributed by atoms with E-state index in [0.29, 0.717) is 23.6 Å². The second-order valence-corrected chi connectivity index (χ2v) is 5.05. The molecule has 0 bridgehead atoms. The van der Waals surface area contributed by atoms with Crippen LogP contribution in [0.3, 0.4) is 0 Å². The maximum absolute atomic E-state index is 13.1. The van der Waals surface area contributed by atoms with Gasteiger partial charge >= 0.3 is 6.18 Å². The molecule has 6 heteroatoms. The molecule has 0 saturated carbocycles. The van der Waals surface area contributed by atoms with Crippen molar-refractivity contribution in [2.24, 2.45) is 11.0 Å². The SMILES string of the molecule is CC1C=NN(/C2=C/C/C=C\C(Cl)=C/C2)C(C(F)(F)F)=C1. The van der Waals surface area contributed by atoms with Crippen molar-refractivity contribution in [3.8, 4) is 0 Å². The maximum atomic E-state index is 13.1. The summed E-state index contributed by atoms with van der Waals surface area (Å²) in [6, 6.07) is 0. The Balaban J connectivity index is 2.33. The number of allylic oxidation sites excluding steroid dienone is 7. The molecule has 0 aromatic carbocycles. The zero-order chi connectivity index (χ0) is 14.8. The van der Waals surface area contributed by atoms with Crippen LogP contribution in [0, 0.1) is 5.92 Å². The molecule has 0 fully saturated rings. The Bertz CT molecular complexity index is 527. The van der Waals surface area contributed by atoms with Gasteiger partial charge in [-0.2, -0.15) is 18.3 Å². The second kappa shape index (κ2) is 5.87. The average molecular weight is 303 g/mol. The summed E-state index contributed by atoms with van der Waals surface area (Å²) in [5.41, 5.74) is -0.271. The van der Waals surface area contributed by atoms with Crippen molar-refractivity contribution in [2.75, 3.05) is 0 Å². The van der Waals surface area contributed by atoms with Crippen LogP contribution in [0.2, 0.25) is 0 Å². The highest BCUT2D eigenvalue weighted by molar-refractivity contribution is 6.31. The van der Waals surface area contributed by atoms with E-state index in [1.165, 1.54) is 12.3 Å². The van der Waals surface area contributed by atoms with E-state index >= 15 is 0 Å². The first kappa shape index (κ1) is 14.9. The first-order valence-corrected chi connectivity index (χ1v) is 6.60. The Kier molecular flexibility index (Phi) is 4.38. The van der Waals surface area contributed by atoms with Crippen molar-refractivity contribution in [1.29, 1.82) is 0 Å². The Morgan fingerprint density at radius 2 is 2.10 bits per heavy atom. The third kappa shape index (κ3) is 3.54. The van der Waals surface area contributed by atoms with Gasteiger partial charge in [0, 0.05) is 29.3 Å². The molecule has 0 aromatic rings. The first-order valence-electron chi connectivity index (χ1n) is 6.22. The molecule has 1 atom stereocenters. The molecule has 1 aliphatic heterocycles. The third-order valence-electron chi connectivity index (χ3n) is 2.90. The van der Waals surface area contributed by atoms with Crippen molar-refractivity contribution in [3.63, 3.8) is 0 Å². The lowest BCUT2D eigenvalue weighted by Crippen LogP contribution is -2.31. The van der Waals surface area contributed by atoms with E-state index in [0.717, 1.165) is 5.01 Å². The van der Waals surface area contributed by atoms with Crippen LogP contribution in [0.1, 0.15) is 19.8 Å². The summed E-state index contributed by atoms with van der Waals surface area (Å²) in [4.78, 5) is 0. The summed E-state index contributed by atoms with van der Waals surface area (Å²) in [6.45, 7) is 1.67.